The van der Waals surface area contributed by atoms with Crippen molar-refractivity contribution in [2.45, 2.75) is 26.7 Å². The highest BCUT2D eigenvalue weighted by Gasteiger charge is 2.50. The van der Waals surface area contributed by atoms with Crippen molar-refractivity contribution in [3.05, 3.63) is 28.8 Å². The lowest BCUT2D eigenvalue weighted by Crippen LogP contribution is -2.21. The van der Waals surface area contributed by atoms with Crippen molar-refractivity contribution in [1.29, 1.82) is 0 Å². The summed E-state index contributed by atoms with van der Waals surface area (Å²) in [5.74, 6) is 0.640. The molecule has 92 valence electrons. The van der Waals surface area contributed by atoms with E-state index in [0.717, 1.165) is 24.0 Å². The van der Waals surface area contributed by atoms with Crippen LogP contribution in [-0.4, -0.2) is 24.6 Å². The van der Waals surface area contributed by atoms with Gasteiger partial charge in [0.1, 0.15) is 5.75 Å². The van der Waals surface area contributed by atoms with E-state index in [2.05, 4.69) is 0 Å². The van der Waals surface area contributed by atoms with Crippen LogP contribution in [0.5, 0.6) is 5.75 Å². The molecular formula is C14H18O3. The number of carbonyl (C=O) groups excluding carboxylic acids is 1. The summed E-state index contributed by atoms with van der Waals surface area (Å²) in [7, 11) is 1.57. The van der Waals surface area contributed by atoms with Crippen LogP contribution in [0.1, 0.15) is 34.3 Å². The molecule has 1 saturated carbocycles. The number of Topliss-reactive ketones (excluding diaryl/α,β-unsaturated/α-hetero) is 1. The van der Waals surface area contributed by atoms with Crippen molar-refractivity contribution in [1.82, 2.24) is 0 Å². The first-order chi connectivity index (χ1) is 8.04. The summed E-state index contributed by atoms with van der Waals surface area (Å²) in [5.41, 5.74) is 2.09. The Kier molecular flexibility index (Phi) is 2.96. The molecule has 0 unspecified atom stereocenters. The van der Waals surface area contributed by atoms with Gasteiger partial charge in [0.15, 0.2) is 5.78 Å². The molecule has 1 fully saturated rings. The summed E-state index contributed by atoms with van der Waals surface area (Å²) in [5, 5.41) is 9.34. The maximum atomic E-state index is 12.4. The highest BCUT2D eigenvalue weighted by atomic mass is 16.5. The predicted octanol–water partition coefficient (Wildman–Crippen LogP) is 2.27. The molecule has 0 amide bonds. The minimum atomic E-state index is -0.534. The number of carbonyl (C=O) groups is 1. The minimum Gasteiger partial charge on any atom is -0.496 e. The van der Waals surface area contributed by atoms with Gasteiger partial charge in [0.05, 0.1) is 24.7 Å². The second-order valence-electron chi connectivity index (χ2n) is 4.93. The maximum absolute atomic E-state index is 12.4. The van der Waals surface area contributed by atoms with Gasteiger partial charge in [0.2, 0.25) is 0 Å². The van der Waals surface area contributed by atoms with Gasteiger partial charge in [-0.15, -0.1) is 0 Å². The van der Waals surface area contributed by atoms with Gasteiger partial charge in [0.25, 0.3) is 0 Å². The lowest BCUT2D eigenvalue weighted by atomic mass is 9.91. The molecule has 0 atom stereocenters. The zero-order chi connectivity index (χ0) is 12.6. The molecule has 0 radical (unpaired) electrons. The van der Waals surface area contributed by atoms with Crippen LogP contribution in [0.2, 0.25) is 0 Å². The molecule has 17 heavy (non-hydrogen) atoms. The van der Waals surface area contributed by atoms with E-state index < -0.39 is 5.41 Å². The van der Waals surface area contributed by atoms with E-state index in [0.29, 0.717) is 11.3 Å². The summed E-state index contributed by atoms with van der Waals surface area (Å²) < 4.78 is 5.29. The Hall–Kier alpha value is -1.35. The van der Waals surface area contributed by atoms with Crippen LogP contribution in [0.3, 0.4) is 0 Å². The largest absolute Gasteiger partial charge is 0.496 e. The monoisotopic (exact) mass is 234 g/mol. The second kappa shape index (κ2) is 4.15. The molecule has 1 N–H and O–H groups in total. The van der Waals surface area contributed by atoms with E-state index in [1.54, 1.807) is 7.11 Å². The van der Waals surface area contributed by atoms with Gasteiger partial charge in [-0.25, -0.2) is 0 Å². The maximum Gasteiger partial charge on any atom is 0.175 e. The number of ketones is 1. The first-order valence-electron chi connectivity index (χ1n) is 5.85. The summed E-state index contributed by atoms with van der Waals surface area (Å²) >= 11 is 0. The molecule has 0 aliphatic heterocycles. The average molecular weight is 234 g/mol. The van der Waals surface area contributed by atoms with E-state index in [9.17, 15) is 9.90 Å². The molecule has 3 heteroatoms. The highest BCUT2D eigenvalue weighted by Crippen LogP contribution is 2.49. The number of hydrogen-bond donors (Lipinski definition) is 1. The van der Waals surface area contributed by atoms with Crippen molar-refractivity contribution in [3.8, 4) is 5.75 Å². The molecule has 3 nitrogen and oxygen atoms in total. The Balaban J connectivity index is 2.48. The molecule has 1 aromatic carbocycles. The Bertz CT molecular complexity index is 459. The van der Waals surface area contributed by atoms with Crippen molar-refractivity contribution in [2.75, 3.05) is 13.7 Å². The lowest BCUT2D eigenvalue weighted by Gasteiger charge is -2.16. The predicted molar refractivity (Wildman–Crippen MR) is 65.6 cm³/mol. The molecule has 0 bridgehead atoms. The second-order valence-corrected chi connectivity index (χ2v) is 4.93. The number of rotatable bonds is 4. The van der Waals surface area contributed by atoms with Crippen molar-refractivity contribution in [2.24, 2.45) is 5.41 Å². The number of benzene rings is 1. The van der Waals surface area contributed by atoms with E-state index >= 15 is 0 Å². The third-order valence-corrected chi connectivity index (χ3v) is 3.53. The standard InChI is InChI=1S/C14H18O3/c1-9-6-10(2)12(11(7-9)17-3)13(16)14(8-15)4-5-14/h6-7,15H,4-5,8H2,1-3H3. The normalized spacial score (nSPS) is 16.7. The topological polar surface area (TPSA) is 46.5 Å². The number of methoxy groups -OCH3 is 1. The Morgan fingerprint density at radius 2 is 2.06 bits per heavy atom. The Labute approximate surface area is 101 Å². The summed E-state index contributed by atoms with van der Waals surface area (Å²) in [4.78, 5) is 12.4. The molecule has 0 spiro atoms. The lowest BCUT2D eigenvalue weighted by molar-refractivity contribution is 0.0826. The number of aliphatic hydroxyl groups is 1. The van der Waals surface area contributed by atoms with Crippen LogP contribution in [0.25, 0.3) is 0 Å². The van der Waals surface area contributed by atoms with Gasteiger partial charge in [-0.05, 0) is 43.9 Å². The number of ether oxygens (including phenoxy) is 1. The Morgan fingerprint density at radius 1 is 1.41 bits per heavy atom. The molecule has 0 heterocycles. The molecule has 2 rings (SSSR count). The number of hydrogen-bond acceptors (Lipinski definition) is 3. The van der Waals surface area contributed by atoms with Crippen LogP contribution in [0.15, 0.2) is 12.1 Å². The summed E-state index contributed by atoms with van der Waals surface area (Å²) in [6, 6.07) is 3.84. The molecule has 1 aliphatic carbocycles. The first kappa shape index (κ1) is 12.1. The Morgan fingerprint density at radius 3 is 2.53 bits per heavy atom. The van der Waals surface area contributed by atoms with Gasteiger partial charge in [-0.3, -0.25) is 4.79 Å². The van der Waals surface area contributed by atoms with Crippen molar-refractivity contribution in [3.63, 3.8) is 0 Å². The zero-order valence-electron chi connectivity index (χ0n) is 10.5. The van der Waals surface area contributed by atoms with E-state index in [-0.39, 0.29) is 12.4 Å². The molecule has 0 aromatic heterocycles. The smallest absolute Gasteiger partial charge is 0.175 e. The van der Waals surface area contributed by atoms with E-state index in [4.69, 9.17) is 4.74 Å². The van der Waals surface area contributed by atoms with Crippen LogP contribution in [0.4, 0.5) is 0 Å². The van der Waals surface area contributed by atoms with Crippen molar-refractivity contribution >= 4 is 5.78 Å². The minimum absolute atomic E-state index is 0.0225. The fourth-order valence-electron chi connectivity index (χ4n) is 2.25. The molecule has 1 aromatic rings. The van der Waals surface area contributed by atoms with Crippen LogP contribution >= 0.6 is 0 Å². The average Bonchev–Trinajstić information content (AvgIpc) is 3.08. The van der Waals surface area contributed by atoms with Gasteiger partial charge in [-0.1, -0.05) is 6.07 Å². The number of aryl methyl sites for hydroxylation is 2. The van der Waals surface area contributed by atoms with Gasteiger partial charge < -0.3 is 9.84 Å². The quantitative estimate of drug-likeness (QED) is 0.813. The van der Waals surface area contributed by atoms with Crippen LogP contribution < -0.4 is 4.74 Å². The first-order valence-corrected chi connectivity index (χ1v) is 5.85. The SMILES string of the molecule is COc1cc(C)cc(C)c1C(=O)C1(CO)CC1. The molecule has 0 saturated heterocycles. The van der Waals surface area contributed by atoms with Crippen LogP contribution in [-0.2, 0) is 0 Å². The van der Waals surface area contributed by atoms with Gasteiger partial charge in [0, 0.05) is 0 Å². The van der Waals surface area contributed by atoms with Crippen molar-refractivity contribution < 1.29 is 14.6 Å². The third-order valence-electron chi connectivity index (χ3n) is 3.53. The summed E-state index contributed by atoms with van der Waals surface area (Å²) in [6.45, 7) is 3.82. The fraction of sp³-hybridized carbons (Fsp3) is 0.500. The van der Waals surface area contributed by atoms with Gasteiger partial charge in [-0.2, -0.15) is 0 Å². The number of aliphatic hydroxyl groups excluding tert-OH is 1. The molecular weight excluding hydrogens is 216 g/mol. The van der Waals surface area contributed by atoms with E-state index in [1.165, 1.54) is 0 Å². The summed E-state index contributed by atoms with van der Waals surface area (Å²) in [6.07, 6.45) is 1.55. The van der Waals surface area contributed by atoms with E-state index in [1.807, 2.05) is 26.0 Å². The molecule has 1 aliphatic rings. The fourth-order valence-corrected chi connectivity index (χ4v) is 2.25. The zero-order valence-corrected chi connectivity index (χ0v) is 10.5. The van der Waals surface area contributed by atoms with Crippen LogP contribution in [0, 0.1) is 19.3 Å². The third kappa shape index (κ3) is 1.95. The highest BCUT2D eigenvalue weighted by molar-refractivity contribution is 6.05. The van der Waals surface area contributed by atoms with Gasteiger partial charge >= 0.3 is 0 Å².